The second-order valence-electron chi connectivity index (χ2n) is 5.46. The fraction of sp³-hybridized carbons (Fsp3) is 0.375. The summed E-state index contributed by atoms with van der Waals surface area (Å²) in [4.78, 5) is 2.52. The molecule has 0 spiro atoms. The Labute approximate surface area is 155 Å². The summed E-state index contributed by atoms with van der Waals surface area (Å²) in [6.07, 6.45) is 1.63. The van der Waals surface area contributed by atoms with E-state index in [2.05, 4.69) is 25.6 Å². The van der Waals surface area contributed by atoms with E-state index in [1.165, 1.54) is 0 Å². The number of hydrogen-bond donors (Lipinski definition) is 1. The second kappa shape index (κ2) is 8.05. The largest absolute Gasteiger partial charge is 0.468 e. The highest BCUT2D eigenvalue weighted by atomic mass is 79.9. The summed E-state index contributed by atoms with van der Waals surface area (Å²) < 4.78 is 34.1. The summed E-state index contributed by atoms with van der Waals surface area (Å²) in [5.74, 6) is 2.89. The maximum absolute atomic E-state index is 12.6. The Morgan fingerprint density at radius 1 is 1.21 bits per heavy atom. The molecule has 1 aliphatic heterocycles. The zero-order valence-corrected chi connectivity index (χ0v) is 16.2. The minimum atomic E-state index is -3.59. The average molecular weight is 431 g/mol. The smallest absolute Gasteiger partial charge is 0.241 e. The van der Waals surface area contributed by atoms with Gasteiger partial charge in [-0.05, 0) is 40.2 Å². The van der Waals surface area contributed by atoms with E-state index >= 15 is 0 Å². The number of nitrogens with zero attached hydrogens (tertiary/aromatic N) is 1. The van der Waals surface area contributed by atoms with E-state index in [9.17, 15) is 8.42 Å². The quantitative estimate of drug-likeness (QED) is 0.762. The first kappa shape index (κ1) is 18.0. The van der Waals surface area contributed by atoms with Gasteiger partial charge in [-0.25, -0.2) is 13.1 Å². The van der Waals surface area contributed by atoms with Crippen LogP contribution in [0.2, 0.25) is 0 Å². The molecule has 1 atom stereocenters. The van der Waals surface area contributed by atoms with Crippen molar-refractivity contribution >= 4 is 37.7 Å². The molecule has 8 heteroatoms. The van der Waals surface area contributed by atoms with Crippen LogP contribution in [0.15, 0.2) is 56.4 Å². The van der Waals surface area contributed by atoms with Crippen LogP contribution in [0.25, 0.3) is 0 Å². The maximum Gasteiger partial charge on any atom is 0.241 e. The van der Waals surface area contributed by atoms with Gasteiger partial charge in [0.15, 0.2) is 0 Å². The van der Waals surface area contributed by atoms with Gasteiger partial charge >= 0.3 is 0 Å². The van der Waals surface area contributed by atoms with Crippen LogP contribution in [0.1, 0.15) is 11.8 Å². The average Bonchev–Trinajstić information content (AvgIpc) is 3.10. The zero-order chi connectivity index (χ0) is 17.0. The highest BCUT2D eigenvalue weighted by molar-refractivity contribution is 9.10. The summed E-state index contributed by atoms with van der Waals surface area (Å²) in [7, 11) is -3.59. The van der Waals surface area contributed by atoms with Crippen molar-refractivity contribution in [3.63, 3.8) is 0 Å². The van der Waals surface area contributed by atoms with Crippen LogP contribution in [-0.2, 0) is 10.0 Å². The van der Waals surface area contributed by atoms with E-state index in [0.29, 0.717) is 4.47 Å². The molecule has 130 valence electrons. The molecule has 1 aromatic carbocycles. The first-order valence-corrected chi connectivity index (χ1v) is 11.1. The Kier molecular flexibility index (Phi) is 6.04. The fourth-order valence-corrected chi connectivity index (χ4v) is 5.68. The van der Waals surface area contributed by atoms with Gasteiger partial charge in [0.05, 0.1) is 17.2 Å². The number of rotatable bonds is 6. The first-order chi connectivity index (χ1) is 11.6. The minimum Gasteiger partial charge on any atom is -0.468 e. The van der Waals surface area contributed by atoms with Crippen molar-refractivity contribution in [3.05, 3.63) is 52.9 Å². The second-order valence-corrected chi connectivity index (χ2v) is 9.28. The topological polar surface area (TPSA) is 62.6 Å². The highest BCUT2D eigenvalue weighted by Crippen LogP contribution is 2.26. The predicted octanol–water partition coefficient (Wildman–Crippen LogP) is 3.11. The van der Waals surface area contributed by atoms with Crippen molar-refractivity contribution in [2.24, 2.45) is 0 Å². The van der Waals surface area contributed by atoms with E-state index < -0.39 is 10.0 Å². The number of sulfonamides is 1. The van der Waals surface area contributed by atoms with Crippen molar-refractivity contribution in [1.82, 2.24) is 9.62 Å². The number of hydrogen-bond acceptors (Lipinski definition) is 5. The third-order valence-corrected chi connectivity index (χ3v) is 7.33. The molecule has 1 saturated heterocycles. The molecule has 2 heterocycles. The molecule has 1 fully saturated rings. The van der Waals surface area contributed by atoms with Gasteiger partial charge in [-0.3, -0.25) is 4.90 Å². The lowest BCUT2D eigenvalue weighted by molar-refractivity contribution is 0.193. The molecule has 0 amide bonds. The lowest BCUT2D eigenvalue weighted by Crippen LogP contribution is -2.41. The minimum absolute atomic E-state index is 0.0989. The zero-order valence-electron chi connectivity index (χ0n) is 13.0. The summed E-state index contributed by atoms with van der Waals surface area (Å²) in [5.41, 5.74) is 0. The van der Waals surface area contributed by atoms with Crippen LogP contribution in [-0.4, -0.2) is 44.5 Å². The molecular weight excluding hydrogens is 412 g/mol. The van der Waals surface area contributed by atoms with Crippen molar-refractivity contribution in [2.75, 3.05) is 31.1 Å². The Morgan fingerprint density at radius 3 is 2.62 bits per heavy atom. The number of halogens is 1. The molecule has 0 bridgehead atoms. The molecule has 2 aromatic rings. The van der Waals surface area contributed by atoms with E-state index in [1.54, 1.807) is 30.5 Å². The molecule has 5 nitrogen and oxygen atoms in total. The molecule has 0 radical (unpaired) electrons. The summed E-state index contributed by atoms with van der Waals surface area (Å²) >= 11 is 5.22. The van der Waals surface area contributed by atoms with E-state index in [0.717, 1.165) is 30.4 Å². The summed E-state index contributed by atoms with van der Waals surface area (Å²) in [6, 6.07) is 10.5. The predicted molar refractivity (Wildman–Crippen MR) is 99.7 cm³/mol. The normalized spacial score (nSPS) is 17.7. The third kappa shape index (κ3) is 4.23. The van der Waals surface area contributed by atoms with Gasteiger partial charge in [0.1, 0.15) is 5.76 Å². The summed E-state index contributed by atoms with van der Waals surface area (Å²) in [6.45, 7) is 2.13. The van der Waals surface area contributed by atoms with Gasteiger partial charge in [0.2, 0.25) is 10.0 Å². The Hall–Kier alpha value is -0.800. The monoisotopic (exact) mass is 430 g/mol. The van der Waals surface area contributed by atoms with Crippen LogP contribution in [0.4, 0.5) is 0 Å². The molecule has 3 rings (SSSR count). The van der Waals surface area contributed by atoms with Crippen molar-refractivity contribution in [1.29, 1.82) is 0 Å². The Bertz CT molecular complexity index is 759. The SMILES string of the molecule is O=S(=O)(NCC(c1ccco1)N1CCSCC1)c1ccccc1Br. The lowest BCUT2D eigenvalue weighted by atomic mass is 10.2. The van der Waals surface area contributed by atoms with E-state index in [-0.39, 0.29) is 17.5 Å². The fourth-order valence-electron chi connectivity index (χ4n) is 2.71. The molecule has 1 aliphatic rings. The first-order valence-electron chi connectivity index (χ1n) is 7.67. The van der Waals surface area contributed by atoms with Crippen LogP contribution < -0.4 is 4.72 Å². The van der Waals surface area contributed by atoms with Crippen molar-refractivity contribution in [2.45, 2.75) is 10.9 Å². The number of furan rings is 1. The standard InChI is InChI=1S/C16H19BrN2O3S2/c17-13-4-1-2-6-16(13)24(20,21)18-12-14(15-5-3-9-22-15)19-7-10-23-11-8-19/h1-6,9,14,18H,7-8,10-12H2. The molecule has 0 saturated carbocycles. The summed E-state index contributed by atoms with van der Waals surface area (Å²) in [5, 5.41) is 0. The van der Waals surface area contributed by atoms with Crippen LogP contribution in [0, 0.1) is 0 Å². The molecule has 1 aromatic heterocycles. The number of nitrogens with one attached hydrogen (secondary N) is 1. The van der Waals surface area contributed by atoms with Gasteiger partial charge in [-0.15, -0.1) is 0 Å². The molecule has 1 N–H and O–H groups in total. The van der Waals surface area contributed by atoms with Gasteiger partial charge in [0, 0.05) is 35.6 Å². The van der Waals surface area contributed by atoms with Crippen molar-refractivity contribution < 1.29 is 12.8 Å². The number of thioether (sulfide) groups is 1. The van der Waals surface area contributed by atoms with Crippen molar-refractivity contribution in [3.8, 4) is 0 Å². The third-order valence-electron chi connectivity index (χ3n) is 3.95. The Balaban J connectivity index is 1.77. The molecule has 0 aliphatic carbocycles. The molecule has 1 unspecified atom stereocenters. The van der Waals surface area contributed by atoms with Gasteiger partial charge < -0.3 is 4.42 Å². The lowest BCUT2D eigenvalue weighted by Gasteiger charge is -2.33. The highest BCUT2D eigenvalue weighted by Gasteiger charge is 2.27. The Morgan fingerprint density at radius 2 is 1.96 bits per heavy atom. The molecule has 24 heavy (non-hydrogen) atoms. The van der Waals surface area contributed by atoms with Crippen LogP contribution in [0.3, 0.4) is 0 Å². The maximum atomic E-state index is 12.6. The van der Waals surface area contributed by atoms with Crippen LogP contribution in [0.5, 0.6) is 0 Å². The van der Waals surface area contributed by atoms with E-state index in [4.69, 9.17) is 4.42 Å². The molecular formula is C16H19BrN2O3S2. The number of benzene rings is 1. The van der Waals surface area contributed by atoms with Gasteiger partial charge in [-0.2, -0.15) is 11.8 Å². The van der Waals surface area contributed by atoms with Gasteiger partial charge in [-0.1, -0.05) is 12.1 Å². The van der Waals surface area contributed by atoms with Gasteiger partial charge in [0.25, 0.3) is 0 Å². The van der Waals surface area contributed by atoms with E-state index in [1.807, 2.05) is 23.9 Å². The van der Waals surface area contributed by atoms with Crippen LogP contribution >= 0.6 is 27.7 Å².